The topological polar surface area (TPSA) is 3.24 Å². The first-order valence-corrected chi connectivity index (χ1v) is 24.1. The summed E-state index contributed by atoms with van der Waals surface area (Å²) in [5, 5.41) is 0. The molecule has 0 N–H and O–H groups in total. The summed E-state index contributed by atoms with van der Waals surface area (Å²) in [4.78, 5) is 2.54. The van der Waals surface area contributed by atoms with Gasteiger partial charge in [-0.3, -0.25) is 0 Å². The summed E-state index contributed by atoms with van der Waals surface area (Å²) in [6.07, 6.45) is 0. The van der Waals surface area contributed by atoms with Crippen LogP contribution in [0.5, 0.6) is 0 Å². The van der Waals surface area contributed by atoms with Crippen LogP contribution in [0.4, 0.5) is 17.1 Å². The number of fused-ring (bicyclic) bond motifs is 12. The predicted octanol–water partition coefficient (Wildman–Crippen LogP) is 17.2. The van der Waals surface area contributed by atoms with E-state index in [1.165, 1.54) is 112 Å². The van der Waals surface area contributed by atoms with E-state index in [1.54, 1.807) is 0 Å². The molecule has 11 aromatic carbocycles. The molecule has 3 aliphatic rings. The van der Waals surface area contributed by atoms with Crippen LogP contribution in [-0.2, 0) is 10.8 Å². The molecule has 322 valence electrons. The fraction of sp³-hybridized carbons (Fsp3) is 0.0294. The first-order valence-electron chi connectivity index (χ1n) is 24.1. The molecule has 2 aliphatic carbocycles. The lowest BCUT2D eigenvalue weighted by Crippen LogP contribution is -2.37. The van der Waals surface area contributed by atoms with Crippen molar-refractivity contribution in [1.82, 2.24) is 0 Å². The second-order valence-electron chi connectivity index (χ2n) is 18.7. The van der Waals surface area contributed by atoms with E-state index >= 15 is 0 Å². The summed E-state index contributed by atoms with van der Waals surface area (Å²) >= 11 is 0. The maximum Gasteiger partial charge on any atom is 0.0742 e. The number of para-hydroxylation sites is 2. The van der Waals surface area contributed by atoms with Gasteiger partial charge >= 0.3 is 0 Å². The molecule has 69 heavy (non-hydrogen) atoms. The molecule has 0 fully saturated rings. The Morgan fingerprint density at radius 2 is 0.536 bits per heavy atom. The Bertz CT molecular complexity index is 3510. The molecule has 1 heterocycles. The highest BCUT2D eigenvalue weighted by Gasteiger charge is 2.53. The van der Waals surface area contributed by atoms with Crippen LogP contribution in [0.25, 0.3) is 55.6 Å². The third-order valence-electron chi connectivity index (χ3n) is 15.3. The van der Waals surface area contributed by atoms with Gasteiger partial charge in [0.05, 0.1) is 22.2 Å². The molecule has 0 unspecified atom stereocenters. The van der Waals surface area contributed by atoms with E-state index in [0.717, 1.165) is 5.69 Å². The molecule has 0 amide bonds. The fourth-order valence-corrected chi connectivity index (χ4v) is 12.5. The minimum absolute atomic E-state index is 0.556. The van der Waals surface area contributed by atoms with Gasteiger partial charge in [0, 0.05) is 5.69 Å². The lowest BCUT2D eigenvalue weighted by Gasteiger charge is -2.46. The predicted molar refractivity (Wildman–Crippen MR) is 286 cm³/mol. The van der Waals surface area contributed by atoms with E-state index in [-0.39, 0.29) is 0 Å². The van der Waals surface area contributed by atoms with Gasteiger partial charge in [0.2, 0.25) is 0 Å². The third kappa shape index (κ3) is 5.65. The van der Waals surface area contributed by atoms with Gasteiger partial charge in [-0.15, -0.1) is 0 Å². The van der Waals surface area contributed by atoms with Crippen LogP contribution in [0.1, 0.15) is 44.5 Å². The monoisotopic (exact) mass is 875 g/mol. The average Bonchev–Trinajstić information content (AvgIpc) is 3.89. The van der Waals surface area contributed by atoms with Gasteiger partial charge in [0.15, 0.2) is 0 Å². The number of benzene rings is 11. The second-order valence-corrected chi connectivity index (χ2v) is 18.7. The fourth-order valence-electron chi connectivity index (χ4n) is 12.5. The summed E-state index contributed by atoms with van der Waals surface area (Å²) in [6, 6.07) is 102. The van der Waals surface area contributed by atoms with Crippen LogP contribution in [0.2, 0.25) is 0 Å². The van der Waals surface area contributed by atoms with Crippen molar-refractivity contribution in [1.29, 1.82) is 0 Å². The molecule has 0 aromatic heterocycles. The maximum absolute atomic E-state index is 2.55. The molecule has 0 bridgehead atoms. The molecular formula is C68H45N. The first kappa shape index (κ1) is 39.4. The average molecular weight is 876 g/mol. The molecule has 0 atom stereocenters. The van der Waals surface area contributed by atoms with Crippen LogP contribution >= 0.6 is 0 Å². The quantitative estimate of drug-likeness (QED) is 0.161. The largest absolute Gasteiger partial charge is 0.310 e. The zero-order valence-electron chi connectivity index (χ0n) is 37.9. The third-order valence-corrected chi connectivity index (χ3v) is 15.3. The van der Waals surface area contributed by atoms with Crippen molar-refractivity contribution in [3.63, 3.8) is 0 Å². The standard InChI is InChI=1S/C68H45N/c1-6-20-46(21-7-1)49-34-38-55-56-39-35-50(47-22-8-2-9-23-47)43-62(56)68(61(55)42-49)63-44-51(48-24-10-3-11-25-48)36-40-57(63)58-41-37-54(45-64(58)68)69-65-32-18-16-30-59(65)67(52-26-12-4-13-27-52,53-28-14-5-15-29-53)60-31-17-19-33-66(60)69/h1-45H. The van der Waals surface area contributed by atoms with Gasteiger partial charge in [-0.05, 0) is 143 Å². The lowest BCUT2D eigenvalue weighted by molar-refractivity contribution is 0.731. The van der Waals surface area contributed by atoms with E-state index in [1.807, 2.05) is 0 Å². The Hall–Kier alpha value is -8.78. The Labute approximate surface area is 403 Å². The highest BCUT2D eigenvalue weighted by atomic mass is 15.2. The minimum atomic E-state index is -0.641. The van der Waals surface area contributed by atoms with Gasteiger partial charge in [0.25, 0.3) is 0 Å². The van der Waals surface area contributed by atoms with E-state index < -0.39 is 10.8 Å². The van der Waals surface area contributed by atoms with Gasteiger partial charge in [-0.1, -0.05) is 231 Å². The molecule has 1 spiro atoms. The maximum atomic E-state index is 2.55. The van der Waals surface area contributed by atoms with Crippen LogP contribution in [0.3, 0.4) is 0 Å². The lowest BCUT2D eigenvalue weighted by atomic mass is 9.62. The van der Waals surface area contributed by atoms with Crippen molar-refractivity contribution in [3.05, 3.63) is 317 Å². The Balaban J connectivity index is 1.07. The molecular weight excluding hydrogens is 831 g/mol. The van der Waals surface area contributed by atoms with Crippen LogP contribution < -0.4 is 4.90 Å². The Morgan fingerprint density at radius 3 is 0.928 bits per heavy atom. The summed E-state index contributed by atoms with van der Waals surface area (Å²) in [7, 11) is 0. The SMILES string of the molecule is c1ccc(-c2ccc3c(c2)C2(c4cc(-c5ccccc5)ccc4-3)c3cc(-c4ccccc4)ccc3-c3ccc(N4c5ccccc5C(c5ccccc5)(c5ccccc5)c5ccccc54)cc32)cc1. The van der Waals surface area contributed by atoms with E-state index in [9.17, 15) is 0 Å². The van der Waals surface area contributed by atoms with Crippen molar-refractivity contribution >= 4 is 17.1 Å². The molecule has 1 nitrogen and oxygen atoms in total. The molecule has 1 aliphatic heterocycles. The summed E-state index contributed by atoms with van der Waals surface area (Å²) in [6.45, 7) is 0. The van der Waals surface area contributed by atoms with E-state index in [2.05, 4.69) is 278 Å². The number of hydrogen-bond acceptors (Lipinski definition) is 1. The first-order chi connectivity index (χ1) is 34.2. The minimum Gasteiger partial charge on any atom is -0.310 e. The summed E-state index contributed by atoms with van der Waals surface area (Å²) in [5.41, 5.74) is 24.9. The normalized spacial score (nSPS) is 14.0. The van der Waals surface area contributed by atoms with Crippen molar-refractivity contribution in [3.8, 4) is 55.6 Å². The number of rotatable bonds is 6. The Morgan fingerprint density at radius 1 is 0.217 bits per heavy atom. The molecule has 14 rings (SSSR count). The molecule has 0 saturated carbocycles. The molecule has 11 aromatic rings. The summed E-state index contributed by atoms with van der Waals surface area (Å²) in [5.74, 6) is 0. The van der Waals surface area contributed by atoms with Gasteiger partial charge in [0.1, 0.15) is 0 Å². The number of nitrogens with zero attached hydrogens (tertiary/aromatic N) is 1. The van der Waals surface area contributed by atoms with Gasteiger partial charge < -0.3 is 4.90 Å². The van der Waals surface area contributed by atoms with Crippen molar-refractivity contribution < 1.29 is 0 Å². The molecule has 0 saturated heterocycles. The van der Waals surface area contributed by atoms with Crippen LogP contribution in [0.15, 0.2) is 273 Å². The van der Waals surface area contributed by atoms with Gasteiger partial charge in [-0.2, -0.15) is 0 Å². The van der Waals surface area contributed by atoms with Crippen LogP contribution in [-0.4, -0.2) is 0 Å². The second kappa shape index (κ2) is 15.4. The highest BCUT2D eigenvalue weighted by molar-refractivity contribution is 5.99. The van der Waals surface area contributed by atoms with Crippen molar-refractivity contribution in [2.24, 2.45) is 0 Å². The van der Waals surface area contributed by atoms with Crippen molar-refractivity contribution in [2.75, 3.05) is 4.90 Å². The molecule has 1 heteroatoms. The Kier molecular flexibility index (Phi) is 8.78. The zero-order chi connectivity index (χ0) is 45.5. The molecule has 0 radical (unpaired) electrons. The van der Waals surface area contributed by atoms with Crippen molar-refractivity contribution in [2.45, 2.75) is 10.8 Å². The van der Waals surface area contributed by atoms with E-state index in [0.29, 0.717) is 0 Å². The highest BCUT2D eigenvalue weighted by Crippen LogP contribution is 2.65. The number of anilines is 3. The smallest absolute Gasteiger partial charge is 0.0742 e. The number of hydrogen-bond donors (Lipinski definition) is 0. The van der Waals surface area contributed by atoms with Crippen LogP contribution in [0, 0.1) is 0 Å². The zero-order valence-corrected chi connectivity index (χ0v) is 37.9. The van der Waals surface area contributed by atoms with E-state index in [4.69, 9.17) is 0 Å². The van der Waals surface area contributed by atoms with Gasteiger partial charge in [-0.25, -0.2) is 0 Å². The summed E-state index contributed by atoms with van der Waals surface area (Å²) < 4.78 is 0.